The van der Waals surface area contributed by atoms with Crippen LogP contribution in [0, 0.1) is 0 Å². The summed E-state index contributed by atoms with van der Waals surface area (Å²) in [4.78, 5) is 34.9. The molecular weight excluding hydrogens is 480 g/mol. The van der Waals surface area contributed by atoms with Gasteiger partial charge in [0.15, 0.2) is 0 Å². The number of rotatable bonds is 8. The molecule has 0 aromatic heterocycles. The Morgan fingerprint density at radius 1 is 1.18 bits per heavy atom. The number of benzene rings is 2. The summed E-state index contributed by atoms with van der Waals surface area (Å²) in [6.45, 7) is 1.02. The fraction of sp³-hybridized carbons (Fsp3) is 0.172. The lowest BCUT2D eigenvalue weighted by Gasteiger charge is -2.26. The van der Waals surface area contributed by atoms with E-state index in [1.165, 1.54) is 0 Å². The molecule has 3 aliphatic heterocycles. The van der Waals surface area contributed by atoms with E-state index < -0.39 is 0 Å². The highest BCUT2D eigenvalue weighted by molar-refractivity contribution is 6.01. The number of fused-ring (bicyclic) bond motifs is 1. The molecule has 0 spiro atoms. The Balaban J connectivity index is 1.14. The van der Waals surface area contributed by atoms with Crippen molar-refractivity contribution >= 4 is 29.6 Å². The number of ether oxygens (including phenoxy) is 1. The van der Waals surface area contributed by atoms with Gasteiger partial charge in [0.25, 0.3) is 5.84 Å². The predicted molar refractivity (Wildman–Crippen MR) is 145 cm³/mol. The SMILES string of the molecule is N[N+]12C=CN=CC1=C(C1=CC=C1)N=C2c1cccc(OCc2cccc(NC(=O)CN3CCCC3=O)c2)c1. The number of carbonyl (C=O) groups excluding carboxylic acids is 2. The Kier molecular flexibility index (Phi) is 6.07. The van der Waals surface area contributed by atoms with Gasteiger partial charge in [0.2, 0.25) is 17.5 Å². The molecule has 1 atom stereocenters. The van der Waals surface area contributed by atoms with Crippen LogP contribution in [0.2, 0.25) is 0 Å². The summed E-state index contributed by atoms with van der Waals surface area (Å²) in [6, 6.07) is 15.2. The first-order chi connectivity index (χ1) is 18.5. The van der Waals surface area contributed by atoms with Gasteiger partial charge in [-0.15, -0.1) is 4.59 Å². The first kappa shape index (κ1) is 23.8. The molecule has 190 valence electrons. The van der Waals surface area contributed by atoms with E-state index in [4.69, 9.17) is 15.6 Å². The number of carbonyl (C=O) groups is 2. The van der Waals surface area contributed by atoms with Crippen LogP contribution in [0.4, 0.5) is 5.69 Å². The van der Waals surface area contributed by atoms with Crippen molar-refractivity contribution in [3.63, 3.8) is 0 Å². The van der Waals surface area contributed by atoms with E-state index in [0.29, 0.717) is 36.8 Å². The molecule has 0 bridgehead atoms. The standard InChI is InChI=1S/C29H26N6O3/c30-35-14-12-31-17-25(35)28(21-6-2-7-21)33-29(35)22-8-3-10-24(16-22)38-19-20-5-1-9-23(15-20)32-26(36)18-34-13-4-11-27(34)37/h1-3,5-10,12,14-17H,4,11,13,18-19,30H2/p+1. The lowest BCUT2D eigenvalue weighted by Crippen LogP contribution is -2.53. The third kappa shape index (κ3) is 4.49. The molecule has 2 amide bonds. The molecule has 1 unspecified atom stereocenters. The number of quaternary nitrogens is 1. The fourth-order valence-corrected chi connectivity index (χ4v) is 4.82. The zero-order valence-electron chi connectivity index (χ0n) is 20.7. The highest BCUT2D eigenvalue weighted by atomic mass is 16.5. The normalized spacial score (nSPS) is 21.3. The highest BCUT2D eigenvalue weighted by Gasteiger charge is 2.44. The van der Waals surface area contributed by atoms with Crippen LogP contribution in [0.3, 0.4) is 0 Å². The van der Waals surface area contributed by atoms with Crippen LogP contribution >= 0.6 is 0 Å². The van der Waals surface area contributed by atoms with Gasteiger partial charge in [-0.3, -0.25) is 14.6 Å². The maximum absolute atomic E-state index is 12.4. The van der Waals surface area contributed by atoms with Gasteiger partial charge in [0.05, 0.1) is 24.5 Å². The molecule has 2 aromatic carbocycles. The second kappa shape index (κ2) is 9.70. The number of amidine groups is 1. The second-order valence-corrected chi connectivity index (χ2v) is 9.49. The van der Waals surface area contributed by atoms with Crippen LogP contribution in [0.1, 0.15) is 24.0 Å². The molecule has 0 radical (unpaired) electrons. The minimum atomic E-state index is -0.209. The quantitative estimate of drug-likeness (QED) is 0.421. The first-order valence-electron chi connectivity index (χ1n) is 12.5. The average molecular weight is 508 g/mol. The van der Waals surface area contributed by atoms with Crippen molar-refractivity contribution in [1.29, 1.82) is 0 Å². The van der Waals surface area contributed by atoms with Crippen molar-refractivity contribution in [1.82, 2.24) is 4.90 Å². The Morgan fingerprint density at radius 3 is 2.84 bits per heavy atom. The number of hydrogen-bond donors (Lipinski definition) is 2. The summed E-state index contributed by atoms with van der Waals surface area (Å²) in [6.07, 6.45) is 12.6. The van der Waals surface area contributed by atoms with Gasteiger partial charge in [-0.05, 0) is 42.3 Å². The smallest absolute Gasteiger partial charge is 0.265 e. The summed E-state index contributed by atoms with van der Waals surface area (Å²) >= 11 is 0. The van der Waals surface area contributed by atoms with Gasteiger partial charge in [-0.2, -0.15) is 10.8 Å². The van der Waals surface area contributed by atoms with Crippen molar-refractivity contribution in [3.05, 3.63) is 107 Å². The van der Waals surface area contributed by atoms with Crippen molar-refractivity contribution < 1.29 is 18.9 Å². The highest BCUT2D eigenvalue weighted by Crippen LogP contribution is 2.36. The monoisotopic (exact) mass is 507 g/mol. The minimum absolute atomic E-state index is 0.0280. The zero-order chi connectivity index (χ0) is 26.1. The number of nitrogens with one attached hydrogen (secondary N) is 1. The van der Waals surface area contributed by atoms with Gasteiger partial charge in [-0.1, -0.05) is 36.4 Å². The number of likely N-dealkylation sites (tertiary alicyclic amines) is 1. The van der Waals surface area contributed by atoms with Gasteiger partial charge < -0.3 is 15.0 Å². The number of amides is 2. The Morgan fingerprint density at radius 2 is 2.05 bits per heavy atom. The van der Waals surface area contributed by atoms with Crippen LogP contribution in [-0.4, -0.2) is 46.4 Å². The Bertz CT molecular complexity index is 1520. The van der Waals surface area contributed by atoms with Crippen LogP contribution < -0.4 is 15.9 Å². The molecule has 3 N–H and O–H groups in total. The third-order valence-electron chi connectivity index (χ3n) is 6.83. The van der Waals surface area contributed by atoms with E-state index in [2.05, 4.69) is 10.3 Å². The molecule has 4 aliphatic rings. The van der Waals surface area contributed by atoms with Gasteiger partial charge in [0.1, 0.15) is 24.3 Å². The fourth-order valence-electron chi connectivity index (χ4n) is 4.82. The maximum atomic E-state index is 12.4. The van der Waals surface area contributed by atoms with Crippen molar-refractivity contribution in [2.45, 2.75) is 19.4 Å². The lowest BCUT2D eigenvalue weighted by atomic mass is 10.0. The molecule has 9 heteroatoms. The van der Waals surface area contributed by atoms with Crippen LogP contribution in [0.25, 0.3) is 0 Å². The summed E-state index contributed by atoms with van der Waals surface area (Å²) in [5.41, 5.74) is 5.07. The Labute approximate surface area is 220 Å². The average Bonchev–Trinajstić information content (AvgIpc) is 3.42. The van der Waals surface area contributed by atoms with Crippen LogP contribution in [-0.2, 0) is 16.2 Å². The number of nitrogens with two attached hydrogens (primary N) is 1. The number of aliphatic imine (C=N–C) groups is 2. The van der Waals surface area contributed by atoms with Crippen LogP contribution in [0.5, 0.6) is 5.75 Å². The predicted octanol–water partition coefficient (Wildman–Crippen LogP) is 3.54. The number of nitrogens with zero attached hydrogens (tertiary/aromatic N) is 4. The largest absolute Gasteiger partial charge is 0.489 e. The molecule has 3 heterocycles. The summed E-state index contributed by atoms with van der Waals surface area (Å²) < 4.78 is 6.04. The molecule has 1 fully saturated rings. The molecule has 1 saturated heterocycles. The molecular formula is C29H27N6O3+. The van der Waals surface area contributed by atoms with E-state index in [-0.39, 0.29) is 23.0 Å². The molecule has 0 saturated carbocycles. The summed E-state index contributed by atoms with van der Waals surface area (Å²) in [5, 5.41) is 2.88. The number of hydrogen-bond acceptors (Lipinski definition) is 6. The lowest BCUT2D eigenvalue weighted by molar-refractivity contribution is -0.750. The third-order valence-corrected chi connectivity index (χ3v) is 6.83. The van der Waals surface area contributed by atoms with Crippen molar-refractivity contribution in [2.75, 3.05) is 18.4 Å². The van der Waals surface area contributed by atoms with E-state index in [1.54, 1.807) is 17.3 Å². The maximum Gasteiger partial charge on any atom is 0.265 e. The van der Waals surface area contributed by atoms with Crippen molar-refractivity contribution in [2.24, 2.45) is 15.8 Å². The van der Waals surface area contributed by atoms with Crippen molar-refractivity contribution in [3.8, 4) is 5.75 Å². The number of anilines is 1. The van der Waals surface area contributed by atoms with E-state index >= 15 is 0 Å². The summed E-state index contributed by atoms with van der Waals surface area (Å²) in [5.74, 6) is 7.98. The summed E-state index contributed by atoms with van der Waals surface area (Å²) in [7, 11) is 0. The minimum Gasteiger partial charge on any atom is -0.489 e. The molecule has 6 rings (SSSR count). The molecule has 38 heavy (non-hydrogen) atoms. The van der Waals surface area contributed by atoms with Gasteiger partial charge >= 0.3 is 0 Å². The van der Waals surface area contributed by atoms with Gasteiger partial charge in [0, 0.05) is 24.2 Å². The van der Waals surface area contributed by atoms with E-state index in [9.17, 15) is 9.59 Å². The number of allylic oxidation sites excluding steroid dienone is 4. The van der Waals surface area contributed by atoms with Gasteiger partial charge in [-0.25, -0.2) is 0 Å². The topological polar surface area (TPSA) is 109 Å². The van der Waals surface area contributed by atoms with E-state index in [0.717, 1.165) is 34.5 Å². The Hall–Kier alpha value is -4.60. The molecule has 1 aliphatic carbocycles. The molecule has 2 aromatic rings. The molecule has 9 nitrogen and oxygen atoms in total. The zero-order valence-corrected chi connectivity index (χ0v) is 20.7. The van der Waals surface area contributed by atoms with Crippen LogP contribution in [0.15, 0.2) is 106 Å². The first-order valence-corrected chi connectivity index (χ1v) is 12.5. The second-order valence-electron chi connectivity index (χ2n) is 9.49. The van der Waals surface area contributed by atoms with E-state index in [1.807, 2.05) is 73.0 Å².